The number of carbonyl (C=O) groups is 1. The van der Waals surface area contributed by atoms with Crippen molar-refractivity contribution >= 4 is 22.5 Å². The van der Waals surface area contributed by atoms with Crippen LogP contribution in [0.15, 0.2) is 78.0 Å². The third-order valence-corrected chi connectivity index (χ3v) is 7.87. The van der Waals surface area contributed by atoms with E-state index >= 15 is 0 Å². The van der Waals surface area contributed by atoms with E-state index in [9.17, 15) is 14.7 Å². The summed E-state index contributed by atoms with van der Waals surface area (Å²) in [6, 6.07) is 18.2. The number of likely N-dealkylation sites (tertiary alicyclic amines) is 1. The van der Waals surface area contributed by atoms with Crippen LogP contribution in [0.4, 0.5) is 5.69 Å². The third kappa shape index (κ3) is 6.16. The van der Waals surface area contributed by atoms with Gasteiger partial charge in [0, 0.05) is 36.4 Å². The Balaban J connectivity index is 1.15. The van der Waals surface area contributed by atoms with Gasteiger partial charge in [-0.15, -0.1) is 0 Å². The van der Waals surface area contributed by atoms with E-state index in [1.165, 1.54) is 17.3 Å². The minimum atomic E-state index is -0.303. The first-order valence-electron chi connectivity index (χ1n) is 14.0. The highest BCUT2D eigenvalue weighted by Gasteiger charge is 2.19. The van der Waals surface area contributed by atoms with Crippen molar-refractivity contribution in [2.24, 2.45) is 5.92 Å². The molecular weight excluding hydrogens is 516 g/mol. The predicted molar refractivity (Wildman–Crippen MR) is 160 cm³/mol. The van der Waals surface area contributed by atoms with Crippen LogP contribution in [0.3, 0.4) is 0 Å². The molecule has 4 heterocycles. The Kier molecular flexibility index (Phi) is 7.54. The van der Waals surface area contributed by atoms with E-state index in [0.29, 0.717) is 35.0 Å². The number of piperidine rings is 1. The number of nitrogens with one attached hydrogen (secondary N) is 3. The molecule has 2 aromatic carbocycles. The lowest BCUT2D eigenvalue weighted by Crippen LogP contribution is -2.34. The van der Waals surface area contributed by atoms with Gasteiger partial charge in [-0.25, -0.2) is 0 Å². The molecule has 0 saturated carbocycles. The van der Waals surface area contributed by atoms with Crippen molar-refractivity contribution < 1.29 is 9.90 Å². The van der Waals surface area contributed by atoms with Crippen LogP contribution >= 0.6 is 0 Å². The summed E-state index contributed by atoms with van der Waals surface area (Å²) in [4.78, 5) is 34.2. The Morgan fingerprint density at radius 3 is 2.61 bits per heavy atom. The van der Waals surface area contributed by atoms with E-state index in [-0.39, 0.29) is 18.1 Å². The molecule has 9 nitrogen and oxygen atoms in total. The quantitative estimate of drug-likeness (QED) is 0.226. The number of H-pyrrole nitrogens is 2. The number of aliphatic hydroxyl groups excluding tert-OH is 1. The van der Waals surface area contributed by atoms with Crippen molar-refractivity contribution in [3.8, 4) is 11.3 Å². The highest BCUT2D eigenvalue weighted by Crippen LogP contribution is 2.26. The van der Waals surface area contributed by atoms with Crippen LogP contribution in [0.25, 0.3) is 22.2 Å². The number of anilines is 1. The molecule has 0 aliphatic carbocycles. The van der Waals surface area contributed by atoms with E-state index in [2.05, 4.69) is 49.5 Å². The summed E-state index contributed by atoms with van der Waals surface area (Å²) in [6.07, 6.45) is 6.81. The molecule has 0 atom stereocenters. The molecule has 210 valence electrons. The first kappa shape index (κ1) is 26.7. The van der Waals surface area contributed by atoms with Gasteiger partial charge in [0.25, 0.3) is 11.5 Å². The molecule has 5 aromatic rings. The van der Waals surface area contributed by atoms with Gasteiger partial charge in [-0.05, 0) is 74.2 Å². The molecule has 0 bridgehead atoms. The molecular formula is C32H34N6O3. The molecule has 1 aliphatic rings. The number of rotatable bonds is 8. The summed E-state index contributed by atoms with van der Waals surface area (Å²) in [5, 5.41) is 17.6. The number of benzene rings is 2. The number of amides is 1. The number of fused-ring (bicyclic) bond motifs is 1. The fourth-order valence-corrected chi connectivity index (χ4v) is 5.42. The van der Waals surface area contributed by atoms with Gasteiger partial charge in [-0.2, -0.15) is 5.10 Å². The zero-order chi connectivity index (χ0) is 28.3. The maximum Gasteiger partial charge on any atom is 0.258 e. The number of hydrogen-bond donors (Lipinski definition) is 4. The second kappa shape index (κ2) is 11.6. The molecule has 41 heavy (non-hydrogen) atoms. The van der Waals surface area contributed by atoms with Crippen LogP contribution in [0.5, 0.6) is 0 Å². The molecule has 1 amide bonds. The summed E-state index contributed by atoms with van der Waals surface area (Å²) in [5.74, 6) is 0.115. The molecule has 0 unspecified atom stereocenters. The minimum absolute atomic E-state index is 0.243. The highest BCUT2D eigenvalue weighted by molar-refractivity contribution is 6.04. The summed E-state index contributed by atoms with van der Waals surface area (Å²) < 4.78 is 1.73. The Morgan fingerprint density at radius 2 is 1.83 bits per heavy atom. The largest absolute Gasteiger partial charge is 0.396 e. The molecule has 3 aromatic heterocycles. The number of pyridine rings is 1. The van der Waals surface area contributed by atoms with E-state index in [4.69, 9.17) is 0 Å². The van der Waals surface area contributed by atoms with Crippen molar-refractivity contribution in [2.45, 2.75) is 32.9 Å². The van der Waals surface area contributed by atoms with Gasteiger partial charge < -0.3 is 20.4 Å². The topological polar surface area (TPSA) is 119 Å². The first-order valence-corrected chi connectivity index (χ1v) is 14.0. The van der Waals surface area contributed by atoms with E-state index < -0.39 is 0 Å². The monoisotopic (exact) mass is 550 g/mol. The first-order chi connectivity index (χ1) is 19.9. The molecule has 9 heteroatoms. The molecule has 4 N–H and O–H groups in total. The van der Waals surface area contributed by atoms with Crippen molar-refractivity contribution in [3.05, 3.63) is 106 Å². The van der Waals surface area contributed by atoms with Crippen molar-refractivity contribution in [2.75, 3.05) is 25.0 Å². The average molecular weight is 551 g/mol. The summed E-state index contributed by atoms with van der Waals surface area (Å²) in [5.41, 5.74) is 6.26. The third-order valence-electron chi connectivity index (χ3n) is 7.87. The number of nitrogens with zero attached hydrogens (tertiary/aromatic N) is 3. The predicted octanol–water partition coefficient (Wildman–Crippen LogP) is 4.53. The highest BCUT2D eigenvalue weighted by atomic mass is 16.3. The zero-order valence-corrected chi connectivity index (χ0v) is 23.1. The molecule has 1 aliphatic heterocycles. The SMILES string of the molecule is Cc1ccc(Cn2cc(C(=O)Nc3c[nH]c(=O)c(-c4cc5cc(CN6CCC(CO)CC6)ccc5[nH]4)c3)cn2)cc1. The lowest BCUT2D eigenvalue weighted by Gasteiger charge is -2.31. The number of hydrogen-bond acceptors (Lipinski definition) is 5. The summed E-state index contributed by atoms with van der Waals surface area (Å²) in [7, 11) is 0. The van der Waals surface area contributed by atoms with Gasteiger partial charge in [0.05, 0.1) is 35.2 Å². The maximum atomic E-state index is 13.0. The average Bonchev–Trinajstić information content (AvgIpc) is 3.63. The van der Waals surface area contributed by atoms with Crippen LogP contribution < -0.4 is 10.9 Å². The van der Waals surface area contributed by atoms with Gasteiger partial charge in [0.15, 0.2) is 0 Å². The second-order valence-corrected chi connectivity index (χ2v) is 11.0. The van der Waals surface area contributed by atoms with Gasteiger partial charge in [-0.3, -0.25) is 19.2 Å². The lowest BCUT2D eigenvalue weighted by molar-refractivity contribution is 0.102. The fraction of sp³-hybridized carbons (Fsp3) is 0.281. The van der Waals surface area contributed by atoms with Crippen LogP contribution in [0.1, 0.15) is 39.9 Å². The summed E-state index contributed by atoms with van der Waals surface area (Å²) >= 11 is 0. The standard InChI is InChI=1S/C32H34N6O3/c1-21-2-4-22(5-3-21)18-38-19-26(15-34-38)31(40)35-27-14-28(32(41)33-16-27)30-13-25-12-24(6-7-29(25)36-30)17-37-10-8-23(20-39)9-11-37/h2-7,12-16,19,23,36,39H,8-11,17-18,20H2,1H3,(H,33,41)(H,35,40). The van der Waals surface area contributed by atoms with Crippen LogP contribution in [0.2, 0.25) is 0 Å². The number of aliphatic hydroxyl groups is 1. The van der Waals surface area contributed by atoms with E-state index in [1.807, 2.05) is 31.2 Å². The molecule has 0 spiro atoms. The summed E-state index contributed by atoms with van der Waals surface area (Å²) in [6.45, 7) is 5.73. The van der Waals surface area contributed by atoms with Gasteiger partial charge in [0.2, 0.25) is 0 Å². The fourth-order valence-electron chi connectivity index (χ4n) is 5.42. The molecule has 1 fully saturated rings. The van der Waals surface area contributed by atoms with Crippen LogP contribution in [-0.2, 0) is 13.1 Å². The van der Waals surface area contributed by atoms with Crippen LogP contribution in [-0.4, -0.2) is 55.4 Å². The van der Waals surface area contributed by atoms with Gasteiger partial charge in [-0.1, -0.05) is 35.9 Å². The molecule has 1 saturated heterocycles. The number of aryl methyl sites for hydroxylation is 1. The lowest BCUT2D eigenvalue weighted by atomic mass is 9.97. The smallest absolute Gasteiger partial charge is 0.258 e. The van der Waals surface area contributed by atoms with E-state index in [0.717, 1.165) is 48.9 Å². The van der Waals surface area contributed by atoms with Crippen molar-refractivity contribution in [3.63, 3.8) is 0 Å². The normalized spacial score (nSPS) is 14.5. The van der Waals surface area contributed by atoms with E-state index in [1.54, 1.807) is 23.1 Å². The Hall–Kier alpha value is -4.47. The van der Waals surface area contributed by atoms with Crippen molar-refractivity contribution in [1.29, 1.82) is 0 Å². The van der Waals surface area contributed by atoms with Crippen LogP contribution in [0, 0.1) is 12.8 Å². The molecule has 6 rings (SSSR count). The number of carbonyl (C=O) groups excluding carboxylic acids is 1. The number of aromatic amines is 2. The second-order valence-electron chi connectivity index (χ2n) is 11.0. The maximum absolute atomic E-state index is 13.0. The number of aromatic nitrogens is 4. The minimum Gasteiger partial charge on any atom is -0.396 e. The van der Waals surface area contributed by atoms with Gasteiger partial charge >= 0.3 is 0 Å². The van der Waals surface area contributed by atoms with Gasteiger partial charge in [0.1, 0.15) is 0 Å². The molecule has 0 radical (unpaired) electrons. The Morgan fingerprint density at radius 1 is 1.05 bits per heavy atom. The van der Waals surface area contributed by atoms with Crippen molar-refractivity contribution in [1.82, 2.24) is 24.6 Å². The zero-order valence-electron chi connectivity index (χ0n) is 23.1. The Bertz CT molecular complexity index is 1720. The Labute approximate surface area is 237 Å².